The molecular weight excluding hydrogens is 416 g/mol. The lowest BCUT2D eigenvalue weighted by molar-refractivity contribution is 0.414. The van der Waals surface area contributed by atoms with Crippen LogP contribution in [0.1, 0.15) is 28.2 Å². The molecule has 1 unspecified atom stereocenters. The van der Waals surface area contributed by atoms with Crippen LogP contribution in [0.4, 0.5) is 0 Å². The number of methoxy groups -OCH3 is 1. The van der Waals surface area contributed by atoms with Crippen molar-refractivity contribution in [3.63, 3.8) is 0 Å². The lowest BCUT2D eigenvalue weighted by Crippen LogP contribution is -2.15. The monoisotopic (exact) mass is 436 g/mol. The van der Waals surface area contributed by atoms with E-state index in [9.17, 15) is 5.11 Å². The minimum atomic E-state index is -0.208. The molecular formula is C26H20N4O3. The normalized spacial score (nSPS) is 14.4. The summed E-state index contributed by atoms with van der Waals surface area (Å²) in [7, 11) is 1.65. The second-order valence-electron chi connectivity index (χ2n) is 8.01. The van der Waals surface area contributed by atoms with Crippen molar-refractivity contribution in [2.24, 2.45) is 0 Å². The highest BCUT2D eigenvalue weighted by Crippen LogP contribution is 2.48. The van der Waals surface area contributed by atoms with Crippen LogP contribution in [0, 0.1) is 6.92 Å². The Kier molecular flexibility index (Phi) is 4.29. The van der Waals surface area contributed by atoms with E-state index in [1.807, 2.05) is 61.5 Å². The summed E-state index contributed by atoms with van der Waals surface area (Å²) in [5.74, 6) is 2.35. The molecule has 1 aliphatic heterocycles. The van der Waals surface area contributed by atoms with Gasteiger partial charge in [-0.25, -0.2) is 14.5 Å². The number of rotatable bonds is 3. The molecule has 33 heavy (non-hydrogen) atoms. The van der Waals surface area contributed by atoms with Crippen molar-refractivity contribution in [2.45, 2.75) is 12.8 Å². The molecule has 2 aromatic heterocycles. The van der Waals surface area contributed by atoms with Gasteiger partial charge in [-0.1, -0.05) is 42.5 Å². The smallest absolute Gasteiger partial charge is 0.228 e. The van der Waals surface area contributed by atoms with Gasteiger partial charge in [-0.3, -0.25) is 0 Å². The highest BCUT2D eigenvalue weighted by atomic mass is 16.5. The molecule has 6 rings (SSSR count). The zero-order valence-corrected chi connectivity index (χ0v) is 18.1. The quantitative estimate of drug-likeness (QED) is 0.416. The van der Waals surface area contributed by atoms with Gasteiger partial charge in [-0.05, 0) is 36.2 Å². The number of aryl methyl sites for hydroxylation is 1. The Labute approximate surface area is 189 Å². The fourth-order valence-electron chi connectivity index (χ4n) is 4.38. The summed E-state index contributed by atoms with van der Waals surface area (Å²) in [5.41, 5.74) is 5.52. The van der Waals surface area contributed by atoms with Crippen molar-refractivity contribution in [1.29, 1.82) is 0 Å². The van der Waals surface area contributed by atoms with Crippen LogP contribution in [0.25, 0.3) is 17.0 Å². The van der Waals surface area contributed by atoms with Gasteiger partial charge in [0.15, 0.2) is 11.5 Å². The van der Waals surface area contributed by atoms with E-state index in [1.54, 1.807) is 30.1 Å². The highest BCUT2D eigenvalue weighted by Gasteiger charge is 2.33. The molecule has 1 aliphatic rings. The average molecular weight is 436 g/mol. The van der Waals surface area contributed by atoms with Crippen molar-refractivity contribution >= 4 is 5.65 Å². The highest BCUT2D eigenvalue weighted by molar-refractivity contribution is 5.69. The Morgan fingerprint density at radius 1 is 1.03 bits per heavy atom. The zero-order chi connectivity index (χ0) is 22.5. The topological polar surface area (TPSA) is 81.8 Å². The van der Waals surface area contributed by atoms with Gasteiger partial charge in [0, 0.05) is 23.1 Å². The van der Waals surface area contributed by atoms with Gasteiger partial charge in [0.05, 0.1) is 12.7 Å². The number of hydrogen-bond donors (Lipinski definition) is 1. The number of nitrogens with zero attached hydrogens (tertiary/aromatic N) is 4. The predicted octanol–water partition coefficient (Wildman–Crippen LogP) is 5.10. The first-order valence-electron chi connectivity index (χ1n) is 10.6. The fraction of sp³-hybridized carbons (Fsp3) is 0.115. The molecule has 0 saturated carbocycles. The Morgan fingerprint density at radius 2 is 1.85 bits per heavy atom. The van der Waals surface area contributed by atoms with Gasteiger partial charge < -0.3 is 14.6 Å². The van der Waals surface area contributed by atoms with E-state index in [2.05, 4.69) is 4.98 Å². The Balaban J connectivity index is 1.60. The standard InChI is InChI=1S/C26H20N4O3/c1-15-5-3-4-6-19(15)24-28-25-23-22(16-7-10-18(32-2)11-8-16)20-12-9-17(31)13-21(20)33-26(23)27-14-30(25)29-24/h3-14,22,31H,1-2H3. The van der Waals surface area contributed by atoms with Crippen LogP contribution < -0.4 is 9.47 Å². The van der Waals surface area contributed by atoms with E-state index >= 15 is 0 Å². The second kappa shape index (κ2) is 7.34. The first-order valence-corrected chi connectivity index (χ1v) is 10.6. The van der Waals surface area contributed by atoms with E-state index in [0.29, 0.717) is 23.1 Å². The number of benzene rings is 3. The molecule has 3 aromatic carbocycles. The van der Waals surface area contributed by atoms with E-state index in [4.69, 9.17) is 19.6 Å². The maximum Gasteiger partial charge on any atom is 0.228 e. The Morgan fingerprint density at radius 3 is 2.64 bits per heavy atom. The third-order valence-electron chi connectivity index (χ3n) is 6.03. The lowest BCUT2D eigenvalue weighted by atomic mass is 9.84. The van der Waals surface area contributed by atoms with Crippen molar-refractivity contribution in [2.75, 3.05) is 7.11 Å². The number of phenols is 1. The maximum atomic E-state index is 10.0. The van der Waals surface area contributed by atoms with Gasteiger partial charge in [-0.15, -0.1) is 5.10 Å². The molecule has 0 spiro atoms. The summed E-state index contributed by atoms with van der Waals surface area (Å²) in [6.07, 6.45) is 1.61. The molecule has 0 bridgehead atoms. The maximum absolute atomic E-state index is 10.0. The number of fused-ring (bicyclic) bond motifs is 4. The van der Waals surface area contributed by atoms with Crippen LogP contribution >= 0.6 is 0 Å². The summed E-state index contributed by atoms with van der Waals surface area (Å²) in [6.45, 7) is 2.04. The van der Waals surface area contributed by atoms with Crippen molar-refractivity contribution in [3.8, 4) is 34.5 Å². The summed E-state index contributed by atoms with van der Waals surface area (Å²) in [5, 5.41) is 14.8. The first-order chi connectivity index (χ1) is 16.1. The van der Waals surface area contributed by atoms with Gasteiger partial charge in [0.2, 0.25) is 5.88 Å². The van der Waals surface area contributed by atoms with Gasteiger partial charge in [-0.2, -0.15) is 0 Å². The van der Waals surface area contributed by atoms with Crippen molar-refractivity contribution in [1.82, 2.24) is 19.6 Å². The molecule has 1 N–H and O–H groups in total. The van der Waals surface area contributed by atoms with Gasteiger partial charge in [0.25, 0.3) is 0 Å². The van der Waals surface area contributed by atoms with E-state index in [1.165, 1.54) is 0 Å². The molecule has 0 radical (unpaired) electrons. The number of ether oxygens (including phenoxy) is 2. The van der Waals surface area contributed by atoms with E-state index in [-0.39, 0.29) is 11.7 Å². The minimum absolute atomic E-state index is 0.135. The molecule has 3 heterocycles. The van der Waals surface area contributed by atoms with Crippen LogP contribution in [0.3, 0.4) is 0 Å². The van der Waals surface area contributed by atoms with Gasteiger partial charge >= 0.3 is 0 Å². The molecule has 0 saturated heterocycles. The van der Waals surface area contributed by atoms with Crippen LogP contribution in [-0.4, -0.2) is 31.8 Å². The zero-order valence-electron chi connectivity index (χ0n) is 18.1. The van der Waals surface area contributed by atoms with Crippen molar-refractivity contribution < 1.29 is 14.6 Å². The van der Waals surface area contributed by atoms with Crippen LogP contribution in [-0.2, 0) is 0 Å². The van der Waals surface area contributed by atoms with E-state index in [0.717, 1.165) is 33.6 Å². The Bertz CT molecular complexity index is 1510. The molecule has 0 amide bonds. The molecule has 5 aromatic rings. The number of hydrogen-bond acceptors (Lipinski definition) is 6. The summed E-state index contributed by atoms with van der Waals surface area (Å²) in [4.78, 5) is 9.46. The number of phenolic OH excluding ortho intramolecular Hbond substituents is 1. The minimum Gasteiger partial charge on any atom is -0.508 e. The third kappa shape index (κ3) is 3.09. The third-order valence-corrected chi connectivity index (χ3v) is 6.03. The van der Waals surface area contributed by atoms with Gasteiger partial charge in [0.1, 0.15) is 23.6 Å². The van der Waals surface area contributed by atoms with Crippen LogP contribution in [0.5, 0.6) is 23.1 Å². The van der Waals surface area contributed by atoms with Crippen molar-refractivity contribution in [3.05, 3.63) is 95.3 Å². The molecule has 0 aliphatic carbocycles. The second-order valence-corrected chi connectivity index (χ2v) is 8.01. The largest absolute Gasteiger partial charge is 0.508 e. The predicted molar refractivity (Wildman–Crippen MR) is 123 cm³/mol. The number of aromatic nitrogens is 4. The van der Waals surface area contributed by atoms with E-state index < -0.39 is 0 Å². The molecule has 1 atom stereocenters. The summed E-state index contributed by atoms with van der Waals surface area (Å²) < 4.78 is 13.2. The fourth-order valence-corrected chi connectivity index (χ4v) is 4.38. The molecule has 162 valence electrons. The van der Waals surface area contributed by atoms with Crippen LogP contribution in [0.2, 0.25) is 0 Å². The summed E-state index contributed by atoms with van der Waals surface area (Å²) in [6, 6.07) is 21.1. The average Bonchev–Trinajstić information content (AvgIpc) is 3.27. The SMILES string of the molecule is COc1ccc(C2c3ccc(O)cc3Oc3ncn4nc(-c5ccccc5C)nc4c32)cc1. The molecule has 0 fully saturated rings. The van der Waals surface area contributed by atoms with Crippen LogP contribution in [0.15, 0.2) is 73.1 Å². The molecule has 7 heteroatoms. The Hall–Kier alpha value is -4.39. The molecule has 7 nitrogen and oxygen atoms in total. The summed E-state index contributed by atoms with van der Waals surface area (Å²) >= 11 is 0. The lowest BCUT2D eigenvalue weighted by Gasteiger charge is -2.28. The first kappa shape index (κ1) is 19.3. The number of aromatic hydroxyl groups is 1.